The normalized spacial score (nSPS) is 35.8. The number of rotatable bonds is 2. The molecule has 1 aliphatic heterocycles. The molecule has 2 rings (SSSR count). The number of nitrogens with one attached hydrogen (secondary N) is 1. The van der Waals surface area contributed by atoms with Crippen LogP contribution >= 0.6 is 11.8 Å². The predicted octanol–water partition coefficient (Wildman–Crippen LogP) is 1.40. The zero-order valence-corrected chi connectivity index (χ0v) is 12.3. The number of amides is 2. The minimum Gasteiger partial charge on any atom is -0.340 e. The summed E-state index contributed by atoms with van der Waals surface area (Å²) in [5, 5.41) is 3.43. The van der Waals surface area contributed by atoms with Gasteiger partial charge in [-0.3, -0.25) is 9.59 Å². The van der Waals surface area contributed by atoms with E-state index in [1.807, 2.05) is 23.6 Å². The summed E-state index contributed by atoms with van der Waals surface area (Å²) in [4.78, 5) is 26.3. The van der Waals surface area contributed by atoms with E-state index >= 15 is 0 Å². The maximum atomic E-state index is 12.5. The van der Waals surface area contributed by atoms with E-state index in [9.17, 15) is 9.59 Å². The number of thioether (sulfide) groups is 1. The molecule has 4 nitrogen and oxygen atoms in total. The van der Waals surface area contributed by atoms with Crippen LogP contribution in [-0.2, 0) is 9.59 Å². The Balaban J connectivity index is 2.19. The highest BCUT2D eigenvalue weighted by molar-refractivity contribution is 7.99. The molecule has 3 atom stereocenters. The summed E-state index contributed by atoms with van der Waals surface area (Å²) in [5.41, 5.74) is -0.763. The fourth-order valence-electron chi connectivity index (χ4n) is 2.96. The molecular weight excluding hydrogens is 248 g/mol. The van der Waals surface area contributed by atoms with E-state index in [0.29, 0.717) is 5.25 Å². The number of carbonyl (C=O) groups is 2. The van der Waals surface area contributed by atoms with Gasteiger partial charge in [-0.2, -0.15) is 11.8 Å². The van der Waals surface area contributed by atoms with Gasteiger partial charge in [0.15, 0.2) is 0 Å². The monoisotopic (exact) mass is 270 g/mol. The van der Waals surface area contributed by atoms with Crippen LogP contribution in [-0.4, -0.2) is 45.8 Å². The van der Waals surface area contributed by atoms with Crippen molar-refractivity contribution in [2.75, 3.05) is 6.26 Å². The topological polar surface area (TPSA) is 49.4 Å². The quantitative estimate of drug-likeness (QED) is 0.825. The molecule has 1 saturated carbocycles. The first-order valence-electron chi connectivity index (χ1n) is 6.54. The van der Waals surface area contributed by atoms with Crippen LogP contribution in [0.5, 0.6) is 0 Å². The van der Waals surface area contributed by atoms with Crippen LogP contribution in [0.3, 0.4) is 0 Å². The Hall–Kier alpha value is -0.710. The summed E-state index contributed by atoms with van der Waals surface area (Å²) in [6, 6.07) is -0.105. The summed E-state index contributed by atoms with van der Waals surface area (Å²) < 4.78 is 0. The lowest BCUT2D eigenvalue weighted by Gasteiger charge is -2.44. The van der Waals surface area contributed by atoms with E-state index < -0.39 is 5.54 Å². The van der Waals surface area contributed by atoms with Gasteiger partial charge in [0, 0.05) is 11.3 Å². The first-order chi connectivity index (χ1) is 8.36. The van der Waals surface area contributed by atoms with Crippen molar-refractivity contribution in [2.24, 2.45) is 0 Å². The lowest BCUT2D eigenvalue weighted by molar-refractivity contribution is -0.155. The molecule has 1 aliphatic carbocycles. The molecule has 5 heteroatoms. The van der Waals surface area contributed by atoms with Crippen LogP contribution in [0, 0.1) is 0 Å². The highest BCUT2D eigenvalue weighted by atomic mass is 32.2. The van der Waals surface area contributed by atoms with Crippen molar-refractivity contribution in [3.05, 3.63) is 0 Å². The Labute approximate surface area is 113 Å². The van der Waals surface area contributed by atoms with Crippen LogP contribution in [0.2, 0.25) is 0 Å². The Bertz CT molecular complexity index is 370. The van der Waals surface area contributed by atoms with Gasteiger partial charge >= 0.3 is 0 Å². The van der Waals surface area contributed by atoms with Crippen LogP contribution in [0.1, 0.15) is 40.0 Å². The molecule has 0 aromatic heterocycles. The maximum absolute atomic E-state index is 12.5. The molecule has 2 amide bonds. The Kier molecular flexibility index (Phi) is 3.63. The van der Waals surface area contributed by atoms with Crippen LogP contribution in [0.15, 0.2) is 0 Å². The number of piperazine rings is 1. The minimum atomic E-state index is -0.763. The van der Waals surface area contributed by atoms with Crippen molar-refractivity contribution in [2.45, 2.75) is 62.9 Å². The van der Waals surface area contributed by atoms with Crippen LogP contribution < -0.4 is 5.32 Å². The average Bonchev–Trinajstić information content (AvgIpc) is 2.75. The summed E-state index contributed by atoms with van der Waals surface area (Å²) in [6.45, 7) is 5.40. The van der Waals surface area contributed by atoms with E-state index in [1.165, 1.54) is 0 Å². The molecule has 0 radical (unpaired) electrons. The SMILES string of the molecule is CSC1CCC(N2C(=O)C(C)(C)NC(=O)C2C)C1. The lowest BCUT2D eigenvalue weighted by Crippen LogP contribution is -2.69. The second kappa shape index (κ2) is 4.76. The molecule has 0 aromatic rings. The highest BCUT2D eigenvalue weighted by Gasteiger charge is 2.47. The Morgan fingerprint density at radius 1 is 1.33 bits per heavy atom. The average molecular weight is 270 g/mol. The summed E-state index contributed by atoms with van der Waals surface area (Å²) in [5.74, 6) is 0.0218. The standard InChI is InChI=1S/C13H22N2O2S/c1-8-11(16)14-13(2,3)12(17)15(8)9-5-6-10(7-9)18-4/h8-10H,5-7H2,1-4H3,(H,14,16). The summed E-state index contributed by atoms with van der Waals surface area (Å²) in [7, 11) is 0. The van der Waals surface area contributed by atoms with E-state index in [1.54, 1.807) is 13.8 Å². The molecule has 102 valence electrons. The lowest BCUT2D eigenvalue weighted by atomic mass is 9.95. The van der Waals surface area contributed by atoms with Gasteiger partial charge in [-0.1, -0.05) is 0 Å². The Morgan fingerprint density at radius 3 is 2.56 bits per heavy atom. The molecule has 18 heavy (non-hydrogen) atoms. The van der Waals surface area contributed by atoms with E-state index in [-0.39, 0.29) is 23.9 Å². The largest absolute Gasteiger partial charge is 0.340 e. The van der Waals surface area contributed by atoms with Gasteiger partial charge in [-0.15, -0.1) is 0 Å². The zero-order chi connectivity index (χ0) is 13.5. The van der Waals surface area contributed by atoms with Crippen molar-refractivity contribution >= 4 is 23.6 Å². The Morgan fingerprint density at radius 2 is 2.00 bits per heavy atom. The summed E-state index contributed by atoms with van der Waals surface area (Å²) in [6.07, 6.45) is 5.29. The van der Waals surface area contributed by atoms with E-state index in [0.717, 1.165) is 19.3 Å². The first-order valence-corrected chi connectivity index (χ1v) is 7.83. The van der Waals surface area contributed by atoms with Gasteiger partial charge in [-0.05, 0) is 46.3 Å². The van der Waals surface area contributed by atoms with Gasteiger partial charge in [0.05, 0.1) is 0 Å². The molecule has 0 aromatic carbocycles. The molecule has 1 saturated heterocycles. The molecule has 2 fully saturated rings. The fourth-order valence-corrected chi connectivity index (χ4v) is 3.74. The van der Waals surface area contributed by atoms with Gasteiger partial charge in [0.25, 0.3) is 0 Å². The fraction of sp³-hybridized carbons (Fsp3) is 0.846. The third kappa shape index (κ3) is 2.25. The minimum absolute atomic E-state index is 0.0350. The molecule has 0 bridgehead atoms. The van der Waals surface area contributed by atoms with Crippen molar-refractivity contribution in [3.8, 4) is 0 Å². The van der Waals surface area contributed by atoms with Crippen LogP contribution in [0.25, 0.3) is 0 Å². The van der Waals surface area contributed by atoms with Gasteiger partial charge in [0.2, 0.25) is 11.8 Å². The highest BCUT2D eigenvalue weighted by Crippen LogP contribution is 2.34. The van der Waals surface area contributed by atoms with Gasteiger partial charge in [-0.25, -0.2) is 0 Å². The number of hydrogen-bond acceptors (Lipinski definition) is 3. The molecule has 1 heterocycles. The van der Waals surface area contributed by atoms with Crippen molar-refractivity contribution in [1.82, 2.24) is 10.2 Å². The van der Waals surface area contributed by atoms with Gasteiger partial charge < -0.3 is 10.2 Å². The second-order valence-electron chi connectivity index (χ2n) is 5.83. The summed E-state index contributed by atoms with van der Waals surface area (Å²) >= 11 is 1.86. The van der Waals surface area contributed by atoms with Crippen molar-refractivity contribution in [3.63, 3.8) is 0 Å². The van der Waals surface area contributed by atoms with E-state index in [2.05, 4.69) is 11.6 Å². The third-order valence-electron chi connectivity index (χ3n) is 4.09. The molecular formula is C13H22N2O2S. The molecule has 1 N–H and O–H groups in total. The molecule has 2 aliphatic rings. The van der Waals surface area contributed by atoms with Gasteiger partial charge in [0.1, 0.15) is 11.6 Å². The number of nitrogens with zero attached hydrogens (tertiary/aromatic N) is 1. The second-order valence-corrected chi connectivity index (χ2v) is 6.97. The smallest absolute Gasteiger partial charge is 0.248 e. The van der Waals surface area contributed by atoms with E-state index in [4.69, 9.17) is 0 Å². The van der Waals surface area contributed by atoms with Crippen LogP contribution in [0.4, 0.5) is 0 Å². The number of carbonyl (C=O) groups excluding carboxylic acids is 2. The molecule has 3 unspecified atom stereocenters. The number of hydrogen-bond donors (Lipinski definition) is 1. The third-order valence-corrected chi connectivity index (χ3v) is 5.18. The zero-order valence-electron chi connectivity index (χ0n) is 11.5. The maximum Gasteiger partial charge on any atom is 0.248 e. The van der Waals surface area contributed by atoms with Crippen molar-refractivity contribution < 1.29 is 9.59 Å². The van der Waals surface area contributed by atoms with Crippen molar-refractivity contribution in [1.29, 1.82) is 0 Å². The molecule has 0 spiro atoms. The predicted molar refractivity (Wildman–Crippen MR) is 73.5 cm³/mol. The first kappa shape index (κ1) is 13.7.